The molecular formula is C13H7N3O4S. The van der Waals surface area contributed by atoms with Crippen LogP contribution in [0, 0.1) is 10.1 Å². The van der Waals surface area contributed by atoms with Gasteiger partial charge in [0.05, 0.1) is 10.3 Å². The van der Waals surface area contributed by atoms with Crippen LogP contribution < -0.4 is 4.74 Å². The first-order valence-electron chi connectivity index (χ1n) is 5.78. The van der Waals surface area contributed by atoms with Crippen molar-refractivity contribution in [3.63, 3.8) is 0 Å². The average Bonchev–Trinajstić information content (AvgIpc) is 2.96. The molecule has 3 rings (SSSR count). The Morgan fingerprint density at radius 1 is 1.29 bits per heavy atom. The van der Waals surface area contributed by atoms with Crippen molar-refractivity contribution in [2.75, 3.05) is 0 Å². The number of carbonyl (C=O) groups is 1. The van der Waals surface area contributed by atoms with Crippen LogP contribution in [0.5, 0.6) is 11.6 Å². The Kier molecular flexibility index (Phi) is 3.28. The van der Waals surface area contributed by atoms with Crippen molar-refractivity contribution in [1.29, 1.82) is 0 Å². The Morgan fingerprint density at radius 3 is 2.90 bits per heavy atom. The van der Waals surface area contributed by atoms with Crippen molar-refractivity contribution < 1.29 is 14.5 Å². The predicted octanol–water partition coefficient (Wildman–Crippen LogP) is 3.20. The van der Waals surface area contributed by atoms with Crippen LogP contribution in [-0.4, -0.2) is 21.2 Å². The molecule has 0 saturated carbocycles. The highest BCUT2D eigenvalue weighted by Gasteiger charge is 2.18. The standard InChI is InChI=1S/C13H7N3O4S/c17-6-8-1-2-10(16(18)19)11(5-8)20-12-9-3-4-21-13(9)15-7-14-12/h1-7H. The number of nitro groups is 1. The van der Waals surface area contributed by atoms with Crippen LogP contribution in [0.3, 0.4) is 0 Å². The Hall–Kier alpha value is -2.87. The van der Waals surface area contributed by atoms with Gasteiger partial charge in [0.1, 0.15) is 17.4 Å². The summed E-state index contributed by atoms with van der Waals surface area (Å²) >= 11 is 1.41. The first kappa shape index (κ1) is 13.1. The maximum Gasteiger partial charge on any atom is 0.311 e. The van der Waals surface area contributed by atoms with Gasteiger partial charge in [-0.25, -0.2) is 9.97 Å². The molecule has 0 saturated heterocycles. The minimum atomic E-state index is -0.573. The largest absolute Gasteiger partial charge is 0.431 e. The lowest BCUT2D eigenvalue weighted by Gasteiger charge is -2.06. The van der Waals surface area contributed by atoms with Crippen LogP contribution in [0.25, 0.3) is 10.2 Å². The van der Waals surface area contributed by atoms with E-state index in [-0.39, 0.29) is 22.9 Å². The average molecular weight is 301 g/mol. The second-order valence-electron chi connectivity index (χ2n) is 4.02. The summed E-state index contributed by atoms with van der Waals surface area (Å²) in [4.78, 5) is 30.1. The molecule has 3 aromatic rings. The molecule has 0 fully saturated rings. The number of thiophene rings is 1. The molecule has 0 aliphatic heterocycles. The summed E-state index contributed by atoms with van der Waals surface area (Å²) in [5.74, 6) is 0.184. The number of hydrogen-bond acceptors (Lipinski definition) is 7. The van der Waals surface area contributed by atoms with E-state index in [2.05, 4.69) is 9.97 Å². The van der Waals surface area contributed by atoms with Crippen LogP contribution in [0.4, 0.5) is 5.69 Å². The number of fused-ring (bicyclic) bond motifs is 1. The molecule has 104 valence electrons. The molecule has 0 unspecified atom stereocenters. The van der Waals surface area contributed by atoms with Gasteiger partial charge in [-0.15, -0.1) is 11.3 Å². The van der Waals surface area contributed by atoms with E-state index < -0.39 is 4.92 Å². The zero-order valence-electron chi connectivity index (χ0n) is 10.4. The molecule has 0 aliphatic rings. The van der Waals surface area contributed by atoms with E-state index in [9.17, 15) is 14.9 Å². The van der Waals surface area contributed by atoms with E-state index in [0.29, 0.717) is 16.5 Å². The molecule has 7 nitrogen and oxygen atoms in total. The first-order valence-corrected chi connectivity index (χ1v) is 6.66. The van der Waals surface area contributed by atoms with E-state index in [4.69, 9.17) is 4.74 Å². The summed E-state index contributed by atoms with van der Waals surface area (Å²) in [6.45, 7) is 0. The third kappa shape index (κ3) is 2.43. The van der Waals surface area contributed by atoms with Crippen LogP contribution in [0.2, 0.25) is 0 Å². The highest BCUT2D eigenvalue weighted by molar-refractivity contribution is 7.16. The number of aromatic nitrogens is 2. The number of carbonyl (C=O) groups excluding carboxylic acids is 1. The monoisotopic (exact) mass is 301 g/mol. The quantitative estimate of drug-likeness (QED) is 0.417. The normalized spacial score (nSPS) is 10.5. The van der Waals surface area contributed by atoms with E-state index >= 15 is 0 Å². The first-order chi connectivity index (χ1) is 10.2. The molecule has 0 atom stereocenters. The van der Waals surface area contributed by atoms with Crippen molar-refractivity contribution in [3.8, 4) is 11.6 Å². The molecular weight excluding hydrogens is 294 g/mol. The molecule has 21 heavy (non-hydrogen) atoms. The van der Waals surface area contributed by atoms with Crippen molar-refractivity contribution in [3.05, 3.63) is 51.7 Å². The van der Waals surface area contributed by atoms with Gasteiger partial charge >= 0.3 is 5.69 Å². The molecule has 1 aromatic carbocycles. The minimum Gasteiger partial charge on any atom is -0.431 e. The number of benzene rings is 1. The number of nitro benzene ring substituents is 1. The molecule has 0 radical (unpaired) electrons. The Morgan fingerprint density at radius 2 is 2.14 bits per heavy atom. The fraction of sp³-hybridized carbons (Fsp3) is 0. The number of aldehydes is 1. The van der Waals surface area contributed by atoms with Crippen LogP contribution in [0.15, 0.2) is 36.0 Å². The molecule has 0 amide bonds. The second-order valence-corrected chi connectivity index (χ2v) is 4.92. The summed E-state index contributed by atoms with van der Waals surface area (Å²) in [5, 5.41) is 13.5. The SMILES string of the molecule is O=Cc1ccc([N+](=O)[O-])c(Oc2ncnc3sccc23)c1. The topological polar surface area (TPSA) is 95.2 Å². The summed E-state index contributed by atoms with van der Waals surface area (Å²) in [5.41, 5.74) is 0.0498. The van der Waals surface area contributed by atoms with E-state index in [1.54, 1.807) is 6.07 Å². The van der Waals surface area contributed by atoms with Gasteiger partial charge in [0.2, 0.25) is 11.6 Å². The van der Waals surface area contributed by atoms with Gasteiger partial charge in [-0.3, -0.25) is 14.9 Å². The van der Waals surface area contributed by atoms with E-state index in [1.807, 2.05) is 5.38 Å². The van der Waals surface area contributed by atoms with Gasteiger partial charge in [-0.1, -0.05) is 0 Å². The smallest absolute Gasteiger partial charge is 0.311 e. The molecule has 0 bridgehead atoms. The molecule has 0 N–H and O–H groups in total. The zero-order valence-corrected chi connectivity index (χ0v) is 11.2. The summed E-state index contributed by atoms with van der Waals surface area (Å²) in [6.07, 6.45) is 1.92. The van der Waals surface area contributed by atoms with Gasteiger partial charge in [0.25, 0.3) is 0 Å². The second kappa shape index (κ2) is 5.25. The fourth-order valence-electron chi connectivity index (χ4n) is 1.79. The lowest BCUT2D eigenvalue weighted by molar-refractivity contribution is -0.385. The molecule has 8 heteroatoms. The van der Waals surface area contributed by atoms with Gasteiger partial charge in [-0.05, 0) is 23.6 Å². The molecule has 2 aromatic heterocycles. The lowest BCUT2D eigenvalue weighted by Crippen LogP contribution is -1.96. The van der Waals surface area contributed by atoms with E-state index in [0.717, 1.165) is 0 Å². The summed E-state index contributed by atoms with van der Waals surface area (Å²) < 4.78 is 5.54. The highest BCUT2D eigenvalue weighted by Crippen LogP contribution is 2.34. The van der Waals surface area contributed by atoms with E-state index in [1.165, 1.54) is 35.9 Å². The van der Waals surface area contributed by atoms with Crippen molar-refractivity contribution >= 4 is 33.5 Å². The molecule has 0 aliphatic carbocycles. The van der Waals surface area contributed by atoms with Crippen LogP contribution >= 0.6 is 11.3 Å². The van der Waals surface area contributed by atoms with Gasteiger partial charge in [0, 0.05) is 11.6 Å². The Balaban J connectivity index is 2.10. The fourth-order valence-corrected chi connectivity index (χ4v) is 2.51. The molecule has 2 heterocycles. The maximum absolute atomic E-state index is 11.0. The van der Waals surface area contributed by atoms with Gasteiger partial charge < -0.3 is 4.74 Å². The van der Waals surface area contributed by atoms with Crippen molar-refractivity contribution in [2.45, 2.75) is 0 Å². The highest BCUT2D eigenvalue weighted by atomic mass is 32.1. The maximum atomic E-state index is 11.0. The third-order valence-electron chi connectivity index (χ3n) is 2.75. The summed E-state index contributed by atoms with van der Waals surface area (Å²) in [6, 6.07) is 5.67. The number of nitrogens with zero attached hydrogens (tertiary/aromatic N) is 3. The molecule has 0 spiro atoms. The zero-order chi connectivity index (χ0) is 14.8. The van der Waals surface area contributed by atoms with Gasteiger partial charge in [-0.2, -0.15) is 0 Å². The number of hydrogen-bond donors (Lipinski definition) is 0. The lowest BCUT2D eigenvalue weighted by atomic mass is 10.2. The van der Waals surface area contributed by atoms with Crippen LogP contribution in [0.1, 0.15) is 10.4 Å². The minimum absolute atomic E-state index is 0.0317. The Bertz CT molecular complexity index is 846. The van der Waals surface area contributed by atoms with Crippen LogP contribution in [-0.2, 0) is 0 Å². The Labute approximate surface area is 122 Å². The summed E-state index contributed by atoms with van der Waals surface area (Å²) in [7, 11) is 0. The van der Waals surface area contributed by atoms with Gasteiger partial charge in [0.15, 0.2) is 0 Å². The third-order valence-corrected chi connectivity index (χ3v) is 3.57. The van der Waals surface area contributed by atoms with Crippen molar-refractivity contribution in [1.82, 2.24) is 9.97 Å². The predicted molar refractivity (Wildman–Crippen MR) is 76.0 cm³/mol. The number of rotatable bonds is 4. The number of ether oxygens (including phenoxy) is 1. The van der Waals surface area contributed by atoms with Crippen molar-refractivity contribution in [2.24, 2.45) is 0 Å².